The fourth-order valence-corrected chi connectivity index (χ4v) is 2.84. The molecule has 0 aliphatic heterocycles. The van der Waals surface area contributed by atoms with Gasteiger partial charge in [0.2, 0.25) is 0 Å². The van der Waals surface area contributed by atoms with Crippen LogP contribution in [0.2, 0.25) is 0 Å². The molecule has 106 valence electrons. The number of hydrogen-bond donors (Lipinski definition) is 0. The van der Waals surface area contributed by atoms with E-state index in [9.17, 15) is 8.42 Å². The van der Waals surface area contributed by atoms with Crippen molar-refractivity contribution >= 4 is 21.2 Å². The second-order valence-electron chi connectivity index (χ2n) is 4.53. The van der Waals surface area contributed by atoms with Crippen LogP contribution in [0.4, 0.5) is 0 Å². The molecule has 0 saturated carbocycles. The Morgan fingerprint density at radius 3 is 2.43 bits per heavy atom. The SMILES string of the molecule is Cc1ccc(S(=O)(=O)Oc2cccc3nccnc23)cc1. The molecular weight excluding hydrogens is 288 g/mol. The summed E-state index contributed by atoms with van der Waals surface area (Å²) >= 11 is 0. The van der Waals surface area contributed by atoms with Crippen molar-refractivity contribution in [3.63, 3.8) is 0 Å². The molecule has 0 bridgehead atoms. The second-order valence-corrected chi connectivity index (χ2v) is 6.08. The van der Waals surface area contributed by atoms with Gasteiger partial charge in [-0.15, -0.1) is 0 Å². The average molecular weight is 300 g/mol. The zero-order valence-corrected chi connectivity index (χ0v) is 12.0. The Labute approximate surface area is 122 Å². The van der Waals surface area contributed by atoms with E-state index in [0.29, 0.717) is 11.0 Å². The standard InChI is InChI=1S/C15H12N2O3S/c1-11-5-7-12(8-6-11)21(18,19)20-14-4-2-3-13-15(14)17-10-9-16-13/h2-10H,1H3. The normalized spacial score (nSPS) is 11.5. The molecule has 0 radical (unpaired) electrons. The van der Waals surface area contributed by atoms with E-state index in [2.05, 4.69) is 9.97 Å². The topological polar surface area (TPSA) is 69.2 Å². The summed E-state index contributed by atoms with van der Waals surface area (Å²) in [6, 6.07) is 11.5. The summed E-state index contributed by atoms with van der Waals surface area (Å²) in [5, 5.41) is 0. The molecule has 5 nitrogen and oxygen atoms in total. The van der Waals surface area contributed by atoms with Crippen LogP contribution in [0.1, 0.15) is 5.56 Å². The molecule has 3 aromatic rings. The number of rotatable bonds is 3. The number of nitrogens with zero attached hydrogens (tertiary/aromatic N) is 2. The minimum absolute atomic E-state index is 0.106. The van der Waals surface area contributed by atoms with Gasteiger partial charge in [0.15, 0.2) is 5.75 Å². The maximum Gasteiger partial charge on any atom is 0.339 e. The molecule has 0 spiro atoms. The lowest BCUT2D eigenvalue weighted by molar-refractivity contribution is 0.488. The van der Waals surface area contributed by atoms with E-state index < -0.39 is 10.1 Å². The van der Waals surface area contributed by atoms with Crippen LogP contribution in [-0.2, 0) is 10.1 Å². The average Bonchev–Trinajstić information content (AvgIpc) is 2.48. The van der Waals surface area contributed by atoms with Crippen LogP contribution in [0.3, 0.4) is 0 Å². The van der Waals surface area contributed by atoms with E-state index in [1.165, 1.54) is 18.3 Å². The van der Waals surface area contributed by atoms with E-state index in [-0.39, 0.29) is 10.6 Å². The summed E-state index contributed by atoms with van der Waals surface area (Å²) in [4.78, 5) is 8.35. The van der Waals surface area contributed by atoms with Gasteiger partial charge in [-0.05, 0) is 31.2 Å². The Morgan fingerprint density at radius 2 is 1.67 bits per heavy atom. The first-order valence-corrected chi connectivity index (χ1v) is 7.68. The molecule has 0 amide bonds. The largest absolute Gasteiger partial charge is 0.377 e. The molecule has 3 rings (SSSR count). The van der Waals surface area contributed by atoms with Crippen LogP contribution >= 0.6 is 0 Å². The summed E-state index contributed by atoms with van der Waals surface area (Å²) in [5.41, 5.74) is 1.97. The van der Waals surface area contributed by atoms with Gasteiger partial charge in [-0.25, -0.2) is 4.98 Å². The zero-order chi connectivity index (χ0) is 14.9. The van der Waals surface area contributed by atoms with Crippen molar-refractivity contribution in [2.75, 3.05) is 0 Å². The first-order chi connectivity index (χ1) is 10.1. The van der Waals surface area contributed by atoms with E-state index in [0.717, 1.165) is 5.56 Å². The van der Waals surface area contributed by atoms with Gasteiger partial charge in [-0.2, -0.15) is 8.42 Å². The van der Waals surface area contributed by atoms with E-state index >= 15 is 0 Å². The van der Waals surface area contributed by atoms with Gasteiger partial charge in [0, 0.05) is 12.4 Å². The zero-order valence-electron chi connectivity index (χ0n) is 11.2. The Morgan fingerprint density at radius 1 is 0.952 bits per heavy atom. The van der Waals surface area contributed by atoms with Gasteiger partial charge in [-0.1, -0.05) is 23.8 Å². The minimum atomic E-state index is -3.89. The minimum Gasteiger partial charge on any atom is -0.377 e. The molecular formula is C15H12N2O3S. The van der Waals surface area contributed by atoms with Crippen molar-refractivity contribution in [3.05, 3.63) is 60.4 Å². The van der Waals surface area contributed by atoms with Gasteiger partial charge in [0.25, 0.3) is 0 Å². The number of fused-ring (bicyclic) bond motifs is 1. The van der Waals surface area contributed by atoms with Crippen molar-refractivity contribution < 1.29 is 12.6 Å². The monoisotopic (exact) mass is 300 g/mol. The number of aromatic nitrogens is 2. The van der Waals surface area contributed by atoms with Crippen LogP contribution in [0.5, 0.6) is 5.75 Å². The molecule has 6 heteroatoms. The fourth-order valence-electron chi connectivity index (χ4n) is 1.90. The molecule has 2 aromatic carbocycles. The smallest absolute Gasteiger partial charge is 0.339 e. The quantitative estimate of drug-likeness (QED) is 0.696. The number of para-hydroxylation sites is 1. The highest BCUT2D eigenvalue weighted by Gasteiger charge is 2.18. The van der Waals surface area contributed by atoms with Gasteiger partial charge in [0.1, 0.15) is 10.4 Å². The van der Waals surface area contributed by atoms with Gasteiger partial charge >= 0.3 is 10.1 Å². The summed E-state index contributed by atoms with van der Waals surface area (Å²) in [5.74, 6) is 0.168. The summed E-state index contributed by atoms with van der Waals surface area (Å²) in [7, 11) is -3.89. The summed E-state index contributed by atoms with van der Waals surface area (Å²) in [6.07, 6.45) is 3.04. The molecule has 0 aliphatic rings. The van der Waals surface area contributed by atoms with E-state index in [1.807, 2.05) is 6.92 Å². The molecule has 1 aromatic heterocycles. The summed E-state index contributed by atoms with van der Waals surface area (Å²) < 4.78 is 29.8. The molecule has 0 fully saturated rings. The summed E-state index contributed by atoms with van der Waals surface area (Å²) in [6.45, 7) is 1.89. The third-order valence-corrected chi connectivity index (χ3v) is 4.22. The highest BCUT2D eigenvalue weighted by Crippen LogP contribution is 2.25. The van der Waals surface area contributed by atoms with Crippen LogP contribution in [0, 0.1) is 6.92 Å². The molecule has 1 heterocycles. The Balaban J connectivity index is 2.03. The number of hydrogen-bond acceptors (Lipinski definition) is 5. The Kier molecular flexibility index (Phi) is 3.31. The maximum absolute atomic E-state index is 12.3. The van der Waals surface area contributed by atoms with E-state index in [1.54, 1.807) is 36.5 Å². The fraction of sp³-hybridized carbons (Fsp3) is 0.0667. The molecule has 0 N–H and O–H groups in total. The molecule has 21 heavy (non-hydrogen) atoms. The lowest BCUT2D eigenvalue weighted by Crippen LogP contribution is -2.10. The first-order valence-electron chi connectivity index (χ1n) is 6.27. The highest BCUT2D eigenvalue weighted by molar-refractivity contribution is 7.87. The van der Waals surface area contributed by atoms with Crippen molar-refractivity contribution in [2.45, 2.75) is 11.8 Å². The van der Waals surface area contributed by atoms with Gasteiger partial charge in [0.05, 0.1) is 5.52 Å². The second kappa shape index (κ2) is 5.14. The van der Waals surface area contributed by atoms with Crippen LogP contribution in [-0.4, -0.2) is 18.4 Å². The predicted octanol–water partition coefficient (Wildman–Crippen LogP) is 2.71. The molecule has 0 saturated heterocycles. The van der Waals surface area contributed by atoms with Gasteiger partial charge in [-0.3, -0.25) is 4.98 Å². The van der Waals surface area contributed by atoms with E-state index in [4.69, 9.17) is 4.18 Å². The van der Waals surface area contributed by atoms with Gasteiger partial charge < -0.3 is 4.18 Å². The highest BCUT2D eigenvalue weighted by atomic mass is 32.2. The predicted molar refractivity (Wildman–Crippen MR) is 78.5 cm³/mol. The van der Waals surface area contributed by atoms with Crippen LogP contribution in [0.25, 0.3) is 11.0 Å². The first kappa shape index (κ1) is 13.5. The number of aryl methyl sites for hydroxylation is 1. The molecule has 0 aliphatic carbocycles. The van der Waals surface area contributed by atoms with Crippen molar-refractivity contribution in [1.29, 1.82) is 0 Å². The lowest BCUT2D eigenvalue weighted by Gasteiger charge is -2.08. The third kappa shape index (κ3) is 2.71. The lowest BCUT2D eigenvalue weighted by atomic mass is 10.2. The van der Waals surface area contributed by atoms with Crippen molar-refractivity contribution in [3.8, 4) is 5.75 Å². The third-order valence-electron chi connectivity index (χ3n) is 2.97. The maximum atomic E-state index is 12.3. The van der Waals surface area contributed by atoms with Crippen LogP contribution < -0.4 is 4.18 Å². The molecule has 0 atom stereocenters. The molecule has 0 unspecified atom stereocenters. The Hall–Kier alpha value is -2.47. The Bertz CT molecular complexity index is 885. The van der Waals surface area contributed by atoms with Crippen molar-refractivity contribution in [2.24, 2.45) is 0 Å². The number of benzene rings is 2. The van der Waals surface area contributed by atoms with Crippen LogP contribution in [0.15, 0.2) is 59.8 Å². The van der Waals surface area contributed by atoms with Crippen molar-refractivity contribution in [1.82, 2.24) is 9.97 Å².